The Morgan fingerprint density at radius 1 is 1.12 bits per heavy atom. The predicted molar refractivity (Wildman–Crippen MR) is 112 cm³/mol. The van der Waals surface area contributed by atoms with Crippen LogP contribution in [0.25, 0.3) is 17.0 Å². The molecule has 26 heavy (non-hydrogen) atoms. The van der Waals surface area contributed by atoms with E-state index in [2.05, 4.69) is 18.0 Å². The highest BCUT2D eigenvalue weighted by Crippen LogP contribution is 2.33. The molecular formula is C21H16N2OS2. The molecule has 1 fully saturated rings. The van der Waals surface area contributed by atoms with Gasteiger partial charge in [0.05, 0.1) is 22.7 Å². The minimum atomic E-state index is -0.0605. The summed E-state index contributed by atoms with van der Waals surface area (Å²) < 4.78 is 0.585. The molecule has 0 radical (unpaired) electrons. The molecular weight excluding hydrogens is 360 g/mol. The van der Waals surface area contributed by atoms with Crippen molar-refractivity contribution in [1.82, 2.24) is 9.88 Å². The number of carbonyl (C=O) groups is 1. The highest BCUT2D eigenvalue weighted by Gasteiger charge is 2.32. The van der Waals surface area contributed by atoms with Gasteiger partial charge in [-0.15, -0.1) is 0 Å². The van der Waals surface area contributed by atoms with Crippen molar-refractivity contribution in [3.8, 4) is 0 Å². The molecule has 2 heterocycles. The second-order valence-electron chi connectivity index (χ2n) is 6.19. The van der Waals surface area contributed by atoms with Crippen LogP contribution in [-0.2, 0) is 11.3 Å². The zero-order valence-corrected chi connectivity index (χ0v) is 15.8. The molecule has 1 aromatic heterocycles. The number of aromatic nitrogens is 1. The third-order valence-electron chi connectivity index (χ3n) is 4.20. The molecule has 128 valence electrons. The van der Waals surface area contributed by atoms with Gasteiger partial charge in [0, 0.05) is 5.39 Å². The van der Waals surface area contributed by atoms with Crippen molar-refractivity contribution in [3.63, 3.8) is 0 Å². The molecule has 4 rings (SSSR count). The number of thiocarbonyl (C=S) groups is 1. The minimum Gasteiger partial charge on any atom is -0.288 e. The molecule has 0 bridgehead atoms. The fourth-order valence-electron chi connectivity index (χ4n) is 2.88. The van der Waals surface area contributed by atoms with Crippen molar-refractivity contribution >= 4 is 51.2 Å². The van der Waals surface area contributed by atoms with E-state index in [0.717, 1.165) is 22.2 Å². The number of thioether (sulfide) groups is 1. The number of hydrogen-bond acceptors (Lipinski definition) is 4. The summed E-state index contributed by atoms with van der Waals surface area (Å²) in [5.41, 5.74) is 3.95. The van der Waals surface area contributed by atoms with Gasteiger partial charge in [0.1, 0.15) is 4.32 Å². The van der Waals surface area contributed by atoms with Crippen LogP contribution in [0.5, 0.6) is 0 Å². The maximum atomic E-state index is 12.8. The summed E-state index contributed by atoms with van der Waals surface area (Å²) in [6.45, 7) is 2.55. The lowest BCUT2D eigenvalue weighted by atomic mass is 10.1. The molecule has 3 nitrogen and oxygen atoms in total. The number of carbonyl (C=O) groups excluding carboxylic acids is 1. The van der Waals surface area contributed by atoms with Crippen LogP contribution in [-0.4, -0.2) is 20.1 Å². The fourth-order valence-corrected chi connectivity index (χ4v) is 4.12. The molecule has 0 atom stereocenters. The highest BCUT2D eigenvalue weighted by atomic mass is 32.2. The van der Waals surface area contributed by atoms with E-state index < -0.39 is 0 Å². The highest BCUT2D eigenvalue weighted by molar-refractivity contribution is 8.26. The maximum absolute atomic E-state index is 12.8. The molecule has 1 aliphatic heterocycles. The van der Waals surface area contributed by atoms with Gasteiger partial charge in [-0.2, -0.15) is 0 Å². The van der Waals surface area contributed by atoms with Crippen LogP contribution in [0, 0.1) is 6.92 Å². The summed E-state index contributed by atoms with van der Waals surface area (Å²) >= 11 is 6.74. The van der Waals surface area contributed by atoms with Crippen molar-refractivity contribution in [3.05, 3.63) is 82.4 Å². The van der Waals surface area contributed by atoms with Crippen LogP contribution < -0.4 is 0 Å². The molecule has 1 aliphatic rings. The number of pyridine rings is 1. The summed E-state index contributed by atoms with van der Waals surface area (Å²) in [7, 11) is 0. The van der Waals surface area contributed by atoms with Gasteiger partial charge in [0.2, 0.25) is 0 Å². The van der Waals surface area contributed by atoms with Gasteiger partial charge in [-0.1, -0.05) is 72.0 Å². The van der Waals surface area contributed by atoms with Crippen molar-refractivity contribution < 1.29 is 4.79 Å². The lowest BCUT2D eigenvalue weighted by Crippen LogP contribution is -2.27. The molecule has 2 aromatic carbocycles. The molecule has 0 saturated carbocycles. The van der Waals surface area contributed by atoms with Gasteiger partial charge >= 0.3 is 0 Å². The SMILES string of the molecule is Cc1ccc2nc(/C=C3\SC(=S)N(Cc4ccccc4)C3=O)ccc2c1. The lowest BCUT2D eigenvalue weighted by molar-refractivity contribution is -0.122. The normalized spacial score (nSPS) is 16.0. The van der Waals surface area contributed by atoms with E-state index in [4.69, 9.17) is 12.2 Å². The Hall–Kier alpha value is -2.50. The first kappa shape index (κ1) is 16.9. The minimum absolute atomic E-state index is 0.0605. The van der Waals surface area contributed by atoms with Crippen molar-refractivity contribution in [2.45, 2.75) is 13.5 Å². The number of nitrogens with zero attached hydrogens (tertiary/aromatic N) is 2. The molecule has 0 spiro atoms. The molecule has 0 aliphatic carbocycles. The maximum Gasteiger partial charge on any atom is 0.266 e. The first-order valence-electron chi connectivity index (χ1n) is 8.27. The lowest BCUT2D eigenvalue weighted by Gasteiger charge is -2.14. The number of fused-ring (bicyclic) bond motifs is 1. The van der Waals surface area contributed by atoms with Gasteiger partial charge in [-0.05, 0) is 36.8 Å². The quantitative estimate of drug-likeness (QED) is 0.479. The van der Waals surface area contributed by atoms with E-state index in [-0.39, 0.29) is 5.91 Å². The molecule has 1 amide bonds. The van der Waals surface area contributed by atoms with Gasteiger partial charge in [-0.3, -0.25) is 9.69 Å². The van der Waals surface area contributed by atoms with Crippen LogP contribution in [0.3, 0.4) is 0 Å². The zero-order chi connectivity index (χ0) is 18.1. The van der Waals surface area contributed by atoms with E-state index >= 15 is 0 Å². The van der Waals surface area contributed by atoms with Gasteiger partial charge in [-0.25, -0.2) is 4.98 Å². The number of aryl methyl sites for hydroxylation is 1. The standard InChI is InChI=1S/C21H16N2OS2/c1-14-7-10-18-16(11-14)8-9-17(22-18)12-19-20(24)23(21(25)26-19)13-15-5-3-2-4-6-15/h2-12H,13H2,1H3/b19-12-. The van der Waals surface area contributed by atoms with E-state index in [9.17, 15) is 4.79 Å². The Bertz CT molecular complexity index is 1040. The zero-order valence-electron chi connectivity index (χ0n) is 14.2. The summed E-state index contributed by atoms with van der Waals surface area (Å²) in [6.07, 6.45) is 1.82. The van der Waals surface area contributed by atoms with Gasteiger partial charge in [0.15, 0.2) is 0 Å². The van der Waals surface area contributed by atoms with Gasteiger partial charge in [0.25, 0.3) is 5.91 Å². The van der Waals surface area contributed by atoms with Crippen molar-refractivity contribution in [2.24, 2.45) is 0 Å². The molecule has 3 aromatic rings. The van der Waals surface area contributed by atoms with E-state index in [1.165, 1.54) is 17.3 Å². The Balaban J connectivity index is 1.60. The summed E-state index contributed by atoms with van der Waals surface area (Å²) in [5, 5.41) is 1.10. The number of amides is 1. The van der Waals surface area contributed by atoms with E-state index in [1.54, 1.807) is 4.90 Å². The monoisotopic (exact) mass is 376 g/mol. The van der Waals surface area contributed by atoms with E-state index in [0.29, 0.717) is 15.8 Å². The Kier molecular flexibility index (Phi) is 4.57. The molecule has 0 N–H and O–H groups in total. The molecule has 0 unspecified atom stereocenters. The second kappa shape index (κ2) is 7.02. The van der Waals surface area contributed by atoms with E-state index in [1.807, 2.05) is 60.7 Å². The van der Waals surface area contributed by atoms with Crippen molar-refractivity contribution in [2.75, 3.05) is 0 Å². The van der Waals surface area contributed by atoms with Crippen LogP contribution in [0.1, 0.15) is 16.8 Å². The number of hydrogen-bond donors (Lipinski definition) is 0. The molecule has 1 saturated heterocycles. The first-order chi connectivity index (χ1) is 12.6. The van der Waals surface area contributed by atoms with Crippen LogP contribution in [0.15, 0.2) is 65.6 Å². The van der Waals surface area contributed by atoms with Gasteiger partial charge < -0.3 is 0 Å². The average Bonchev–Trinajstić information content (AvgIpc) is 2.90. The topological polar surface area (TPSA) is 33.2 Å². The average molecular weight is 377 g/mol. The Labute approximate surface area is 161 Å². The third kappa shape index (κ3) is 3.41. The van der Waals surface area contributed by atoms with Crippen LogP contribution in [0.2, 0.25) is 0 Å². The second-order valence-corrected chi connectivity index (χ2v) is 7.86. The largest absolute Gasteiger partial charge is 0.288 e. The predicted octanol–water partition coefficient (Wildman–Crippen LogP) is 4.94. The van der Waals surface area contributed by atoms with Crippen molar-refractivity contribution in [1.29, 1.82) is 0 Å². The smallest absolute Gasteiger partial charge is 0.266 e. The first-order valence-corrected chi connectivity index (χ1v) is 9.49. The third-order valence-corrected chi connectivity index (χ3v) is 5.58. The number of benzene rings is 2. The molecule has 5 heteroatoms. The summed E-state index contributed by atoms with van der Waals surface area (Å²) in [6, 6.07) is 20.0. The summed E-state index contributed by atoms with van der Waals surface area (Å²) in [5.74, 6) is -0.0605. The van der Waals surface area contributed by atoms with Crippen LogP contribution >= 0.6 is 24.0 Å². The Morgan fingerprint density at radius 2 is 1.92 bits per heavy atom. The Morgan fingerprint density at radius 3 is 2.73 bits per heavy atom. The van der Waals surface area contributed by atoms with Crippen LogP contribution in [0.4, 0.5) is 0 Å². The summed E-state index contributed by atoms with van der Waals surface area (Å²) in [4.78, 5) is 19.7. The number of rotatable bonds is 3. The fraction of sp³-hybridized carbons (Fsp3) is 0.0952.